The van der Waals surface area contributed by atoms with Gasteiger partial charge in [-0.25, -0.2) is 0 Å². The molecule has 0 aromatic heterocycles. The summed E-state index contributed by atoms with van der Waals surface area (Å²) in [6.45, 7) is 10.9. The van der Waals surface area contributed by atoms with E-state index in [9.17, 15) is 4.91 Å². The van der Waals surface area contributed by atoms with Crippen LogP contribution in [0.4, 0.5) is 0 Å². The SMILES string of the molecule is CC(/C=C\COCCOCCN=O)COC1=C(Cl)C(=C2CC2)N(C(C)(C)C)N=C1. The van der Waals surface area contributed by atoms with Crippen LogP contribution in [0.1, 0.15) is 40.5 Å². The third-order valence-electron chi connectivity index (χ3n) is 4.28. The maximum atomic E-state index is 9.92. The molecule has 0 spiro atoms. The average molecular weight is 426 g/mol. The second-order valence-electron chi connectivity index (χ2n) is 8.11. The zero-order chi connectivity index (χ0) is 21.3. The molecule has 2 aliphatic rings. The van der Waals surface area contributed by atoms with E-state index in [0.29, 0.717) is 43.8 Å². The van der Waals surface area contributed by atoms with Gasteiger partial charge in [-0.3, -0.25) is 5.01 Å². The predicted octanol–water partition coefficient (Wildman–Crippen LogP) is 4.59. The van der Waals surface area contributed by atoms with E-state index in [-0.39, 0.29) is 18.0 Å². The van der Waals surface area contributed by atoms with Gasteiger partial charge in [0, 0.05) is 5.92 Å². The number of halogens is 1. The van der Waals surface area contributed by atoms with E-state index in [0.717, 1.165) is 18.5 Å². The molecule has 0 amide bonds. The number of rotatable bonds is 12. The van der Waals surface area contributed by atoms with E-state index in [1.54, 1.807) is 6.21 Å². The number of hydrazone groups is 1. The van der Waals surface area contributed by atoms with Crippen molar-refractivity contribution in [2.24, 2.45) is 16.2 Å². The lowest BCUT2D eigenvalue weighted by Crippen LogP contribution is -2.38. The summed E-state index contributed by atoms with van der Waals surface area (Å²) in [5, 5.41) is 9.95. The van der Waals surface area contributed by atoms with Crippen LogP contribution in [0.25, 0.3) is 0 Å². The quantitative estimate of drug-likeness (QED) is 0.259. The Morgan fingerprint density at radius 3 is 2.66 bits per heavy atom. The fourth-order valence-electron chi connectivity index (χ4n) is 2.69. The third kappa shape index (κ3) is 7.91. The number of hydrogen-bond acceptors (Lipinski definition) is 7. The van der Waals surface area contributed by atoms with Gasteiger partial charge in [0.05, 0.1) is 50.5 Å². The minimum absolute atomic E-state index is 0.139. The van der Waals surface area contributed by atoms with Crippen molar-refractivity contribution in [3.05, 3.63) is 39.1 Å². The van der Waals surface area contributed by atoms with Gasteiger partial charge in [0.15, 0.2) is 5.76 Å². The van der Waals surface area contributed by atoms with Crippen molar-refractivity contribution in [2.45, 2.75) is 46.1 Å². The Kier molecular flexibility index (Phi) is 9.33. The first-order valence-electron chi connectivity index (χ1n) is 10.0. The van der Waals surface area contributed by atoms with Crippen molar-refractivity contribution in [3.63, 3.8) is 0 Å². The summed E-state index contributed by atoms with van der Waals surface area (Å²) < 4.78 is 16.6. The maximum absolute atomic E-state index is 9.92. The molecular weight excluding hydrogens is 394 g/mol. The maximum Gasteiger partial charge on any atom is 0.160 e. The summed E-state index contributed by atoms with van der Waals surface area (Å²) in [6, 6.07) is 0. The van der Waals surface area contributed by atoms with E-state index in [1.807, 2.05) is 17.2 Å². The van der Waals surface area contributed by atoms with Crippen LogP contribution in [0.3, 0.4) is 0 Å². The fraction of sp³-hybridized carbons (Fsp3) is 0.667. The standard InChI is InChI=1S/C21H32ClN3O4/c1-16(6-5-10-27-12-13-28-11-9-24-26)15-29-18-14-23-25(21(2,3)4)20(19(18)22)17-7-8-17/h5-6,14,16H,7-13,15H2,1-4H3/b6-5-. The van der Waals surface area contributed by atoms with Crippen LogP contribution in [0.15, 0.2) is 44.5 Å². The van der Waals surface area contributed by atoms with Gasteiger partial charge in [0.2, 0.25) is 0 Å². The van der Waals surface area contributed by atoms with Gasteiger partial charge < -0.3 is 14.2 Å². The first-order valence-corrected chi connectivity index (χ1v) is 10.4. The first-order chi connectivity index (χ1) is 13.8. The minimum atomic E-state index is -0.139. The minimum Gasteiger partial charge on any atom is -0.490 e. The molecule has 1 aliphatic heterocycles. The molecule has 7 nitrogen and oxygen atoms in total. The number of allylic oxidation sites excluding steroid dienone is 3. The van der Waals surface area contributed by atoms with Crippen molar-refractivity contribution >= 4 is 17.8 Å². The molecule has 1 heterocycles. The topological polar surface area (TPSA) is 72.7 Å². The van der Waals surface area contributed by atoms with Crippen LogP contribution < -0.4 is 0 Å². The van der Waals surface area contributed by atoms with Crippen LogP contribution in [-0.2, 0) is 14.2 Å². The molecule has 1 aliphatic carbocycles. The van der Waals surface area contributed by atoms with Crippen LogP contribution in [0.5, 0.6) is 0 Å². The number of hydrogen-bond donors (Lipinski definition) is 0. The number of nitroso groups, excluding NO2 is 1. The molecule has 0 saturated heterocycles. The summed E-state index contributed by atoms with van der Waals surface area (Å²) in [5.41, 5.74) is 2.19. The summed E-state index contributed by atoms with van der Waals surface area (Å²) in [4.78, 5) is 9.92. The van der Waals surface area contributed by atoms with E-state index >= 15 is 0 Å². The Labute approximate surface area is 178 Å². The van der Waals surface area contributed by atoms with Gasteiger partial charge in [-0.1, -0.05) is 35.9 Å². The monoisotopic (exact) mass is 425 g/mol. The summed E-state index contributed by atoms with van der Waals surface area (Å²) in [7, 11) is 0. The lowest BCUT2D eigenvalue weighted by atomic mass is 10.1. The summed E-state index contributed by atoms with van der Waals surface area (Å²) >= 11 is 6.67. The highest BCUT2D eigenvalue weighted by atomic mass is 35.5. The molecule has 8 heteroatoms. The largest absolute Gasteiger partial charge is 0.490 e. The number of nitrogens with zero attached hydrogens (tertiary/aromatic N) is 3. The Morgan fingerprint density at radius 2 is 2.00 bits per heavy atom. The van der Waals surface area contributed by atoms with Gasteiger partial charge in [0.1, 0.15) is 11.6 Å². The van der Waals surface area contributed by atoms with E-state index in [1.165, 1.54) is 5.57 Å². The van der Waals surface area contributed by atoms with Gasteiger partial charge in [0.25, 0.3) is 0 Å². The molecule has 0 radical (unpaired) electrons. The molecule has 1 atom stereocenters. The smallest absolute Gasteiger partial charge is 0.160 e. The molecule has 2 rings (SSSR count). The highest BCUT2D eigenvalue weighted by Gasteiger charge is 2.34. The molecule has 29 heavy (non-hydrogen) atoms. The highest BCUT2D eigenvalue weighted by Crippen LogP contribution is 2.42. The highest BCUT2D eigenvalue weighted by molar-refractivity contribution is 6.33. The molecule has 0 aromatic carbocycles. The van der Waals surface area contributed by atoms with Crippen LogP contribution >= 0.6 is 11.6 Å². The van der Waals surface area contributed by atoms with Crippen molar-refractivity contribution in [1.29, 1.82) is 0 Å². The van der Waals surface area contributed by atoms with E-state index in [2.05, 4.69) is 38.0 Å². The summed E-state index contributed by atoms with van der Waals surface area (Å²) in [6.07, 6.45) is 7.86. The lowest BCUT2D eigenvalue weighted by molar-refractivity contribution is 0.0617. The Bertz CT molecular complexity index is 674. The van der Waals surface area contributed by atoms with Crippen molar-refractivity contribution < 1.29 is 14.2 Å². The summed E-state index contributed by atoms with van der Waals surface area (Å²) in [5.74, 6) is 0.830. The Balaban J connectivity index is 1.75. The van der Waals surface area contributed by atoms with Crippen molar-refractivity contribution in [1.82, 2.24) is 5.01 Å². The molecule has 0 bridgehead atoms. The fourth-order valence-corrected chi connectivity index (χ4v) is 3.00. The number of ether oxygens (including phenoxy) is 3. The predicted molar refractivity (Wildman–Crippen MR) is 116 cm³/mol. The third-order valence-corrected chi connectivity index (χ3v) is 4.64. The van der Waals surface area contributed by atoms with Gasteiger partial charge >= 0.3 is 0 Å². The lowest BCUT2D eigenvalue weighted by Gasteiger charge is -2.37. The van der Waals surface area contributed by atoms with Crippen LogP contribution in [0.2, 0.25) is 0 Å². The molecule has 1 saturated carbocycles. The van der Waals surface area contributed by atoms with Gasteiger partial charge in [-0.2, -0.15) is 10.0 Å². The van der Waals surface area contributed by atoms with Gasteiger partial charge in [-0.15, -0.1) is 0 Å². The van der Waals surface area contributed by atoms with Crippen LogP contribution in [-0.4, -0.2) is 56.3 Å². The zero-order valence-corrected chi connectivity index (χ0v) is 18.6. The van der Waals surface area contributed by atoms with E-state index in [4.69, 9.17) is 25.8 Å². The second-order valence-corrected chi connectivity index (χ2v) is 8.49. The van der Waals surface area contributed by atoms with Gasteiger partial charge in [-0.05, 0) is 39.2 Å². The van der Waals surface area contributed by atoms with Crippen molar-refractivity contribution in [2.75, 3.05) is 39.6 Å². The molecule has 0 aromatic rings. The molecule has 1 fully saturated rings. The average Bonchev–Trinajstić information content (AvgIpc) is 3.49. The molecule has 1 unspecified atom stereocenters. The Hall–Kier alpha value is -1.70. The van der Waals surface area contributed by atoms with E-state index < -0.39 is 0 Å². The molecule has 0 N–H and O–H groups in total. The second kappa shape index (κ2) is 11.5. The molecule has 162 valence electrons. The first kappa shape index (κ1) is 23.6. The van der Waals surface area contributed by atoms with Crippen LogP contribution in [0, 0.1) is 10.8 Å². The molecular formula is C21H32ClN3O4. The normalized spacial score (nSPS) is 18.0. The van der Waals surface area contributed by atoms with Crippen molar-refractivity contribution in [3.8, 4) is 0 Å². The Morgan fingerprint density at radius 1 is 1.28 bits per heavy atom. The zero-order valence-electron chi connectivity index (χ0n) is 17.8.